The summed E-state index contributed by atoms with van der Waals surface area (Å²) in [5.41, 5.74) is -4.84. The quantitative estimate of drug-likeness (QED) is 0.467. The highest BCUT2D eigenvalue weighted by Crippen LogP contribution is 2.46. The molecule has 0 radical (unpaired) electrons. The van der Waals surface area contributed by atoms with Gasteiger partial charge in [0.1, 0.15) is 5.75 Å². The number of methoxy groups -OCH3 is 1. The van der Waals surface area contributed by atoms with Crippen molar-refractivity contribution in [2.45, 2.75) is 18.5 Å². The van der Waals surface area contributed by atoms with Gasteiger partial charge in [-0.2, -0.15) is 27.1 Å². The average Bonchev–Trinajstić information content (AvgIpc) is 3.18. The van der Waals surface area contributed by atoms with E-state index in [-0.39, 0.29) is 11.4 Å². The Labute approximate surface area is 178 Å². The first kappa shape index (κ1) is 23.4. The van der Waals surface area contributed by atoms with Crippen LogP contribution in [0.5, 0.6) is 17.2 Å². The van der Waals surface area contributed by atoms with Crippen molar-refractivity contribution in [3.8, 4) is 28.8 Å². The molecule has 15 heteroatoms. The number of aromatic nitrogens is 4. The lowest BCUT2D eigenvalue weighted by molar-refractivity contribution is -0.291. The van der Waals surface area contributed by atoms with Gasteiger partial charge in [0.25, 0.3) is 12.0 Å². The Balaban J connectivity index is 2.22. The molecule has 0 saturated carbocycles. The summed E-state index contributed by atoms with van der Waals surface area (Å²) in [4.78, 5) is 17.6. The maximum absolute atomic E-state index is 14.3. The molecule has 0 aliphatic carbocycles. The summed E-state index contributed by atoms with van der Waals surface area (Å²) in [6.45, 7) is 0. The number of hydrogen-bond acceptors (Lipinski definition) is 5. The standard InChI is InChI=1S/C17H10ClF7N4O3/c1-31-9-5-26-29-10(9)14-27-12(16(21,22)17(23,24)25)11(15(30)28-14)32-6-2-3-8(18)7(4-6)13(19)20/h2-5,13H,1H3,(H,26,29)(H,27,28,30). The summed E-state index contributed by atoms with van der Waals surface area (Å²) in [6, 6.07) is 2.38. The first-order chi connectivity index (χ1) is 14.9. The molecule has 0 aliphatic heterocycles. The van der Waals surface area contributed by atoms with Crippen molar-refractivity contribution in [3.63, 3.8) is 0 Å². The van der Waals surface area contributed by atoms with Gasteiger partial charge in [-0.05, 0) is 18.2 Å². The second-order valence-electron chi connectivity index (χ2n) is 6.05. The van der Waals surface area contributed by atoms with Gasteiger partial charge in [0.15, 0.2) is 23.0 Å². The number of rotatable bonds is 6. The Morgan fingerprint density at radius 3 is 2.44 bits per heavy atom. The van der Waals surface area contributed by atoms with E-state index in [0.29, 0.717) is 6.07 Å². The number of halogens is 8. The fourth-order valence-electron chi connectivity index (χ4n) is 2.49. The van der Waals surface area contributed by atoms with E-state index in [1.165, 1.54) is 0 Å². The second-order valence-corrected chi connectivity index (χ2v) is 6.46. The second kappa shape index (κ2) is 8.33. The zero-order valence-electron chi connectivity index (χ0n) is 15.5. The summed E-state index contributed by atoms with van der Waals surface area (Å²) >= 11 is 5.59. The molecule has 1 aromatic carbocycles. The fourth-order valence-corrected chi connectivity index (χ4v) is 2.69. The van der Waals surface area contributed by atoms with Gasteiger partial charge in [0, 0.05) is 10.6 Å². The number of ether oxygens (including phenoxy) is 2. The molecule has 0 fully saturated rings. The maximum atomic E-state index is 14.3. The third-order valence-electron chi connectivity index (χ3n) is 4.00. The maximum Gasteiger partial charge on any atom is 0.459 e. The van der Waals surface area contributed by atoms with Gasteiger partial charge >= 0.3 is 12.1 Å². The molecule has 0 bridgehead atoms. The van der Waals surface area contributed by atoms with Gasteiger partial charge in [-0.3, -0.25) is 9.89 Å². The molecule has 2 heterocycles. The number of H-pyrrole nitrogens is 2. The van der Waals surface area contributed by atoms with E-state index < -0.39 is 57.7 Å². The monoisotopic (exact) mass is 486 g/mol. The lowest BCUT2D eigenvalue weighted by Crippen LogP contribution is -2.36. The molecule has 0 saturated heterocycles. The van der Waals surface area contributed by atoms with Crippen LogP contribution in [0.1, 0.15) is 17.7 Å². The van der Waals surface area contributed by atoms with Gasteiger partial charge in [-0.15, -0.1) is 0 Å². The molecule has 7 nitrogen and oxygen atoms in total. The van der Waals surface area contributed by atoms with Crippen molar-refractivity contribution in [1.29, 1.82) is 0 Å². The van der Waals surface area contributed by atoms with Gasteiger partial charge in [0.2, 0.25) is 5.75 Å². The van der Waals surface area contributed by atoms with E-state index in [4.69, 9.17) is 21.1 Å². The van der Waals surface area contributed by atoms with E-state index >= 15 is 0 Å². The van der Waals surface area contributed by atoms with E-state index in [2.05, 4.69) is 15.2 Å². The lowest BCUT2D eigenvalue weighted by atomic mass is 10.2. The van der Waals surface area contributed by atoms with Crippen molar-refractivity contribution < 1.29 is 40.2 Å². The highest BCUT2D eigenvalue weighted by atomic mass is 35.5. The molecule has 3 aromatic rings. The predicted molar refractivity (Wildman–Crippen MR) is 95.4 cm³/mol. The molecule has 172 valence electrons. The van der Waals surface area contributed by atoms with E-state index in [1.54, 1.807) is 0 Å². The molecule has 0 unspecified atom stereocenters. The van der Waals surface area contributed by atoms with Crippen molar-refractivity contribution in [2.75, 3.05) is 7.11 Å². The zero-order valence-corrected chi connectivity index (χ0v) is 16.3. The molecular weight excluding hydrogens is 477 g/mol. The van der Waals surface area contributed by atoms with Crippen LogP contribution >= 0.6 is 11.6 Å². The van der Waals surface area contributed by atoms with Crippen LogP contribution in [-0.4, -0.2) is 33.5 Å². The van der Waals surface area contributed by atoms with E-state index in [0.717, 1.165) is 25.4 Å². The molecule has 32 heavy (non-hydrogen) atoms. The average molecular weight is 487 g/mol. The van der Waals surface area contributed by atoms with Crippen molar-refractivity contribution in [3.05, 3.63) is 51.0 Å². The Morgan fingerprint density at radius 1 is 1.16 bits per heavy atom. The third kappa shape index (κ3) is 4.22. The minimum absolute atomic E-state index is 0.123. The van der Waals surface area contributed by atoms with Gasteiger partial charge in [-0.25, -0.2) is 13.8 Å². The zero-order chi connectivity index (χ0) is 23.8. The molecule has 0 atom stereocenters. The Hall–Kier alpha value is -3.29. The highest BCUT2D eigenvalue weighted by molar-refractivity contribution is 6.31. The van der Waals surface area contributed by atoms with Crippen LogP contribution in [0, 0.1) is 0 Å². The number of nitrogens with one attached hydrogen (secondary N) is 2. The van der Waals surface area contributed by atoms with Gasteiger partial charge < -0.3 is 14.5 Å². The summed E-state index contributed by atoms with van der Waals surface area (Å²) in [7, 11) is 1.15. The lowest BCUT2D eigenvalue weighted by Gasteiger charge is -2.21. The van der Waals surface area contributed by atoms with Gasteiger partial charge in [0.05, 0.1) is 13.3 Å². The van der Waals surface area contributed by atoms with Crippen LogP contribution in [0.3, 0.4) is 0 Å². The van der Waals surface area contributed by atoms with Gasteiger partial charge in [-0.1, -0.05) is 11.6 Å². The SMILES string of the molecule is COc1c[nH]nc1-c1nc(C(F)(F)C(F)(F)F)c(Oc2ccc(Cl)c(C(F)F)c2)c(=O)[nH]1. The largest absolute Gasteiger partial charge is 0.493 e. The van der Waals surface area contributed by atoms with Crippen LogP contribution in [0.15, 0.2) is 29.2 Å². The van der Waals surface area contributed by atoms with E-state index in [1.807, 2.05) is 4.98 Å². The topological polar surface area (TPSA) is 92.9 Å². The first-order valence-electron chi connectivity index (χ1n) is 8.29. The van der Waals surface area contributed by atoms with Crippen molar-refractivity contribution in [1.82, 2.24) is 20.2 Å². The molecular formula is C17H10ClF7N4O3. The normalized spacial score (nSPS) is 12.3. The first-order valence-corrected chi connectivity index (χ1v) is 8.67. The number of hydrogen-bond donors (Lipinski definition) is 2. The van der Waals surface area contributed by atoms with Crippen LogP contribution in [0.25, 0.3) is 11.5 Å². The molecule has 0 aliphatic rings. The number of alkyl halides is 7. The molecule has 0 amide bonds. The Morgan fingerprint density at radius 2 is 1.84 bits per heavy atom. The van der Waals surface area contributed by atoms with Crippen molar-refractivity contribution >= 4 is 11.6 Å². The molecule has 2 aromatic heterocycles. The minimum Gasteiger partial charge on any atom is -0.493 e. The molecule has 2 N–H and O–H groups in total. The Bertz CT molecular complexity index is 1190. The van der Waals surface area contributed by atoms with Crippen LogP contribution in [-0.2, 0) is 5.92 Å². The van der Waals surface area contributed by atoms with Crippen LogP contribution < -0.4 is 15.0 Å². The highest BCUT2D eigenvalue weighted by Gasteiger charge is 2.62. The number of nitrogens with zero attached hydrogens (tertiary/aromatic N) is 2. The van der Waals surface area contributed by atoms with E-state index in [9.17, 15) is 35.5 Å². The minimum atomic E-state index is -6.17. The molecule has 0 spiro atoms. The number of aromatic amines is 2. The van der Waals surface area contributed by atoms with Crippen LogP contribution in [0.4, 0.5) is 30.7 Å². The Kier molecular flexibility index (Phi) is 6.09. The smallest absolute Gasteiger partial charge is 0.459 e. The number of benzene rings is 1. The summed E-state index contributed by atoms with van der Waals surface area (Å²) < 4.78 is 104. The van der Waals surface area contributed by atoms with Crippen LogP contribution in [0.2, 0.25) is 5.02 Å². The summed E-state index contributed by atoms with van der Waals surface area (Å²) in [5, 5.41) is 5.45. The summed E-state index contributed by atoms with van der Waals surface area (Å²) in [5.74, 6) is -8.78. The predicted octanol–water partition coefficient (Wildman–Crippen LogP) is 5.21. The molecule has 3 rings (SSSR count). The third-order valence-corrected chi connectivity index (χ3v) is 4.35. The van der Waals surface area contributed by atoms with Crippen molar-refractivity contribution in [2.24, 2.45) is 0 Å². The summed E-state index contributed by atoms with van der Waals surface area (Å²) in [6.07, 6.45) is -8.17. The fraction of sp³-hybridized carbons (Fsp3) is 0.235.